The maximum absolute atomic E-state index is 13.3. The van der Waals surface area contributed by atoms with Gasteiger partial charge in [0.05, 0.1) is 18.0 Å². The average Bonchev–Trinajstić information content (AvgIpc) is 3.65. The summed E-state index contributed by atoms with van der Waals surface area (Å²) in [5.41, 5.74) is 1.61. The van der Waals surface area contributed by atoms with Gasteiger partial charge in [0.1, 0.15) is 18.1 Å². The quantitative estimate of drug-likeness (QED) is 0.405. The number of carbonyl (C=O) groups excluding carboxylic acids is 1. The summed E-state index contributed by atoms with van der Waals surface area (Å²) in [7, 11) is 0. The Hall–Kier alpha value is -4.25. The first-order valence-corrected chi connectivity index (χ1v) is 12.5. The molecular formula is C25H24F3N9O2. The van der Waals surface area contributed by atoms with E-state index in [2.05, 4.69) is 36.0 Å². The van der Waals surface area contributed by atoms with Crippen LogP contribution in [0, 0.1) is 24.2 Å². The second-order valence-electron chi connectivity index (χ2n) is 9.84. The Balaban J connectivity index is 1.18. The lowest BCUT2D eigenvalue weighted by Gasteiger charge is -2.52. The van der Waals surface area contributed by atoms with Crippen molar-refractivity contribution in [3.63, 3.8) is 0 Å². The van der Waals surface area contributed by atoms with Crippen molar-refractivity contribution < 1.29 is 22.4 Å². The van der Waals surface area contributed by atoms with Crippen LogP contribution in [0.5, 0.6) is 0 Å². The molecule has 2 atom stereocenters. The molecule has 0 aromatic carbocycles. The van der Waals surface area contributed by atoms with Crippen molar-refractivity contribution in [3.8, 4) is 17.3 Å². The number of piperidine rings is 1. The minimum atomic E-state index is -4.80. The van der Waals surface area contributed by atoms with Crippen LogP contribution >= 0.6 is 0 Å². The zero-order valence-corrected chi connectivity index (χ0v) is 20.9. The van der Waals surface area contributed by atoms with Gasteiger partial charge in [-0.25, -0.2) is 15.0 Å². The lowest BCUT2D eigenvalue weighted by atomic mass is 9.87. The molecule has 39 heavy (non-hydrogen) atoms. The molecule has 11 nitrogen and oxygen atoms in total. The first-order valence-electron chi connectivity index (χ1n) is 12.5. The van der Waals surface area contributed by atoms with E-state index in [1.54, 1.807) is 12.4 Å². The molecular weight excluding hydrogens is 515 g/mol. The van der Waals surface area contributed by atoms with E-state index in [1.807, 2.05) is 16.9 Å². The predicted octanol–water partition coefficient (Wildman–Crippen LogP) is 3.79. The summed E-state index contributed by atoms with van der Waals surface area (Å²) in [5.74, 6) is -2.26. The summed E-state index contributed by atoms with van der Waals surface area (Å²) < 4.78 is 46.5. The molecule has 0 aliphatic carbocycles. The average molecular weight is 540 g/mol. The third-order valence-electron chi connectivity index (χ3n) is 7.48. The van der Waals surface area contributed by atoms with Crippen molar-refractivity contribution >= 4 is 16.9 Å². The zero-order chi connectivity index (χ0) is 27.3. The van der Waals surface area contributed by atoms with E-state index in [0.29, 0.717) is 25.8 Å². The van der Waals surface area contributed by atoms with Crippen molar-refractivity contribution in [3.05, 3.63) is 48.3 Å². The first kappa shape index (κ1) is 25.1. The summed E-state index contributed by atoms with van der Waals surface area (Å²) in [6.07, 6.45) is 3.52. The molecule has 1 N–H and O–H groups in total. The number of aromatic amines is 1. The Morgan fingerprint density at radius 1 is 1.28 bits per heavy atom. The molecule has 4 aromatic rings. The number of hydrogen-bond acceptors (Lipinski definition) is 8. The van der Waals surface area contributed by atoms with Crippen LogP contribution in [0.15, 0.2) is 35.4 Å². The normalized spacial score (nSPS) is 20.7. The number of nitrogens with one attached hydrogen (secondary N) is 1. The van der Waals surface area contributed by atoms with E-state index in [0.717, 1.165) is 22.3 Å². The van der Waals surface area contributed by atoms with Gasteiger partial charge in [0, 0.05) is 68.3 Å². The summed E-state index contributed by atoms with van der Waals surface area (Å²) in [4.78, 5) is 32.0. The molecule has 4 aromatic heterocycles. The lowest BCUT2D eigenvalue weighted by Crippen LogP contribution is -2.59. The number of aromatic nitrogens is 6. The fraction of sp³-hybridized carbons (Fsp3) is 0.440. The van der Waals surface area contributed by atoms with E-state index >= 15 is 0 Å². The highest BCUT2D eigenvalue weighted by Crippen LogP contribution is 2.41. The molecule has 6 heterocycles. The molecule has 0 radical (unpaired) electrons. The molecule has 0 bridgehead atoms. The Labute approximate surface area is 220 Å². The number of amides is 1. The van der Waals surface area contributed by atoms with Crippen molar-refractivity contribution in [2.24, 2.45) is 5.92 Å². The number of likely N-dealkylation sites (tertiary alicyclic amines) is 2. The Morgan fingerprint density at radius 2 is 2.08 bits per heavy atom. The Morgan fingerprint density at radius 3 is 2.82 bits per heavy atom. The van der Waals surface area contributed by atoms with Crippen LogP contribution in [0.4, 0.5) is 13.2 Å². The summed E-state index contributed by atoms with van der Waals surface area (Å²) in [5, 5.41) is 14.9. The summed E-state index contributed by atoms with van der Waals surface area (Å²) in [6.45, 7) is 2.56. The smallest absolute Gasteiger partial charge is 0.436 e. The molecule has 2 aliphatic rings. The van der Waals surface area contributed by atoms with E-state index in [4.69, 9.17) is 4.42 Å². The highest BCUT2D eigenvalue weighted by Gasteiger charge is 2.46. The van der Waals surface area contributed by atoms with Gasteiger partial charge in [0.2, 0.25) is 5.76 Å². The molecule has 6 rings (SSSR count). The number of aryl methyl sites for hydroxylation is 1. The van der Waals surface area contributed by atoms with Gasteiger partial charge in [-0.3, -0.25) is 14.4 Å². The minimum Gasteiger partial charge on any atom is -0.436 e. The topological polar surface area (TPSA) is 133 Å². The maximum atomic E-state index is 13.3. The lowest BCUT2D eigenvalue weighted by molar-refractivity contribution is -0.153. The van der Waals surface area contributed by atoms with E-state index in [-0.39, 0.29) is 37.1 Å². The highest BCUT2D eigenvalue weighted by atomic mass is 19.4. The van der Waals surface area contributed by atoms with Crippen molar-refractivity contribution in [2.45, 2.75) is 44.6 Å². The van der Waals surface area contributed by atoms with Crippen LogP contribution in [0.2, 0.25) is 0 Å². The third kappa shape index (κ3) is 4.42. The van der Waals surface area contributed by atoms with Gasteiger partial charge >= 0.3 is 6.18 Å². The first-order chi connectivity index (χ1) is 18.7. The SMILES string of the molecule is Cc1nc(C(=O)N2CCC(N3CC(CC#N)C3n3cc(-c4ncnc5[nH]ccc45)cn3)CC2)c(C(F)(F)F)o1. The molecule has 202 valence electrons. The van der Waals surface area contributed by atoms with Crippen LogP contribution in [0.3, 0.4) is 0 Å². The molecule has 2 aliphatic heterocycles. The number of oxazole rings is 1. The third-order valence-corrected chi connectivity index (χ3v) is 7.48. The van der Waals surface area contributed by atoms with Crippen molar-refractivity contribution in [2.75, 3.05) is 19.6 Å². The van der Waals surface area contributed by atoms with Crippen LogP contribution in [0.25, 0.3) is 22.3 Å². The second kappa shape index (κ2) is 9.49. The van der Waals surface area contributed by atoms with Crippen LogP contribution in [-0.2, 0) is 6.18 Å². The van der Waals surface area contributed by atoms with Gasteiger partial charge in [-0.15, -0.1) is 0 Å². The largest absolute Gasteiger partial charge is 0.452 e. The molecule has 2 unspecified atom stereocenters. The number of nitrogens with zero attached hydrogens (tertiary/aromatic N) is 8. The highest BCUT2D eigenvalue weighted by molar-refractivity contribution is 5.93. The van der Waals surface area contributed by atoms with Crippen molar-refractivity contribution in [1.82, 2.24) is 39.5 Å². The predicted molar refractivity (Wildman–Crippen MR) is 130 cm³/mol. The van der Waals surface area contributed by atoms with Crippen molar-refractivity contribution in [1.29, 1.82) is 5.26 Å². The molecule has 0 saturated carbocycles. The van der Waals surface area contributed by atoms with E-state index < -0.39 is 23.5 Å². The number of hydrogen-bond donors (Lipinski definition) is 1. The number of fused-ring (bicyclic) bond motifs is 1. The van der Waals surface area contributed by atoms with Gasteiger partial charge in [-0.05, 0) is 18.9 Å². The van der Waals surface area contributed by atoms with Crippen LogP contribution in [-0.4, -0.2) is 71.1 Å². The number of carbonyl (C=O) groups is 1. The summed E-state index contributed by atoms with van der Waals surface area (Å²) >= 11 is 0. The second-order valence-corrected chi connectivity index (χ2v) is 9.84. The zero-order valence-electron chi connectivity index (χ0n) is 20.9. The fourth-order valence-electron chi connectivity index (χ4n) is 5.65. The monoisotopic (exact) mass is 539 g/mol. The minimum absolute atomic E-state index is 0.0764. The van der Waals surface area contributed by atoms with Gasteiger partial charge in [0.15, 0.2) is 11.6 Å². The van der Waals surface area contributed by atoms with Crippen LogP contribution in [0.1, 0.15) is 47.6 Å². The number of nitriles is 1. The molecule has 1 amide bonds. The van der Waals surface area contributed by atoms with Gasteiger partial charge in [-0.1, -0.05) is 0 Å². The molecule has 0 spiro atoms. The summed E-state index contributed by atoms with van der Waals surface area (Å²) in [6, 6.07) is 4.25. The Bertz CT molecular complexity index is 1560. The molecule has 2 fully saturated rings. The van der Waals surface area contributed by atoms with E-state index in [1.165, 1.54) is 18.2 Å². The fourth-order valence-corrected chi connectivity index (χ4v) is 5.65. The molecule has 14 heteroatoms. The number of halogens is 3. The van der Waals surface area contributed by atoms with Crippen LogP contribution < -0.4 is 0 Å². The molecule has 2 saturated heterocycles. The van der Waals surface area contributed by atoms with Gasteiger partial charge in [0.25, 0.3) is 5.91 Å². The number of rotatable bonds is 5. The van der Waals surface area contributed by atoms with E-state index in [9.17, 15) is 23.2 Å². The van der Waals surface area contributed by atoms with Gasteiger partial charge in [-0.2, -0.15) is 23.5 Å². The Kier molecular flexibility index (Phi) is 6.10. The standard InChI is InChI=1S/C25H24F3N9O2/c1-14-34-20(21(39-14)25(26,27)28)24(38)35-8-4-17(5-9-35)36-11-15(2-6-29)23(36)37-12-16(10-33-37)19-18-3-7-30-22(18)32-13-31-19/h3,7,10,12-13,15,17,23H,2,4-5,8-9,11H2,1H3,(H,30,31,32). The van der Waals surface area contributed by atoms with Gasteiger partial charge < -0.3 is 14.3 Å². The number of alkyl halides is 3. The number of H-pyrrole nitrogens is 1. The maximum Gasteiger partial charge on any atom is 0.452 e.